The number of H-pyrrole nitrogens is 1. The van der Waals surface area contributed by atoms with Gasteiger partial charge >= 0.3 is 0 Å². The first-order valence-corrected chi connectivity index (χ1v) is 9.89. The molecule has 0 saturated carbocycles. The topological polar surface area (TPSA) is 100 Å². The third-order valence-electron chi connectivity index (χ3n) is 5.01. The fraction of sp³-hybridized carbons (Fsp3) is 0. The molecule has 0 radical (unpaired) electrons. The van der Waals surface area contributed by atoms with E-state index in [1.807, 2.05) is 48.7 Å². The zero-order valence-corrected chi connectivity index (χ0v) is 16.8. The number of aromatic amines is 1. The molecule has 0 aliphatic carbocycles. The van der Waals surface area contributed by atoms with Crippen LogP contribution in [0, 0.1) is 11.3 Å². The molecule has 0 aliphatic heterocycles. The zero-order valence-electron chi connectivity index (χ0n) is 16.8. The predicted molar refractivity (Wildman–Crippen MR) is 123 cm³/mol. The number of fused-ring (bicyclic) bond motifs is 1. The summed E-state index contributed by atoms with van der Waals surface area (Å²) in [5.41, 5.74) is 3.62. The predicted octanol–water partition coefficient (Wildman–Crippen LogP) is 4.23. The van der Waals surface area contributed by atoms with Gasteiger partial charge in [0.2, 0.25) is 0 Å². The van der Waals surface area contributed by atoms with Crippen LogP contribution in [-0.2, 0) is 0 Å². The average molecular weight is 416 g/mol. The van der Waals surface area contributed by atoms with E-state index in [9.17, 15) is 10.1 Å². The first kappa shape index (κ1) is 19.2. The Kier molecular flexibility index (Phi) is 4.86. The molecule has 1 N–H and O–H groups in total. The van der Waals surface area contributed by atoms with Crippen molar-refractivity contribution >= 4 is 22.6 Å². The highest BCUT2D eigenvalue weighted by molar-refractivity contribution is 5.91. The van der Waals surface area contributed by atoms with Gasteiger partial charge in [0, 0.05) is 29.7 Å². The van der Waals surface area contributed by atoms with Gasteiger partial charge in [0.15, 0.2) is 5.82 Å². The van der Waals surface area contributed by atoms with Gasteiger partial charge in [-0.25, -0.2) is 9.67 Å². The van der Waals surface area contributed by atoms with E-state index in [2.05, 4.69) is 21.0 Å². The summed E-state index contributed by atoms with van der Waals surface area (Å²) in [5.74, 6) is 0.212. The Balaban J connectivity index is 1.69. The van der Waals surface area contributed by atoms with Crippen LogP contribution < -0.4 is 5.56 Å². The minimum atomic E-state index is -0.291. The Hall–Kier alpha value is -4.83. The van der Waals surface area contributed by atoms with Crippen molar-refractivity contribution < 1.29 is 0 Å². The Morgan fingerprint density at radius 2 is 1.75 bits per heavy atom. The maximum absolute atomic E-state index is 12.5. The van der Waals surface area contributed by atoms with Gasteiger partial charge in [-0.1, -0.05) is 30.3 Å². The van der Waals surface area contributed by atoms with Crippen molar-refractivity contribution in [2.45, 2.75) is 0 Å². The highest BCUT2D eigenvalue weighted by Gasteiger charge is 2.14. The van der Waals surface area contributed by atoms with E-state index in [1.54, 1.807) is 47.4 Å². The van der Waals surface area contributed by atoms with Gasteiger partial charge in [-0.3, -0.25) is 9.78 Å². The number of nitrogens with one attached hydrogen (secondary N) is 1. The molecule has 7 nitrogen and oxygen atoms in total. The van der Waals surface area contributed by atoms with E-state index in [4.69, 9.17) is 5.10 Å². The molecule has 0 amide bonds. The molecule has 0 saturated heterocycles. The minimum absolute atomic E-state index is 0.212. The van der Waals surface area contributed by atoms with Crippen molar-refractivity contribution in [1.82, 2.24) is 24.7 Å². The van der Waals surface area contributed by atoms with Crippen LogP contribution in [0.3, 0.4) is 0 Å². The maximum atomic E-state index is 12.5. The molecule has 7 heteroatoms. The van der Waals surface area contributed by atoms with E-state index in [0.717, 1.165) is 11.3 Å². The SMILES string of the molecule is N#CC(=Cc1cn(-c2ccccc2)nc1-c1ccncc1)c1nc2ccccc2c(=O)[nH]1. The maximum Gasteiger partial charge on any atom is 0.259 e. The van der Waals surface area contributed by atoms with Crippen LogP contribution in [0.25, 0.3) is 39.5 Å². The van der Waals surface area contributed by atoms with Crippen molar-refractivity contribution in [1.29, 1.82) is 5.26 Å². The summed E-state index contributed by atoms with van der Waals surface area (Å²) in [6.07, 6.45) is 6.92. The number of hydrogen-bond donors (Lipinski definition) is 1. The number of benzene rings is 2. The number of hydrogen-bond acceptors (Lipinski definition) is 5. The zero-order chi connectivity index (χ0) is 21.9. The summed E-state index contributed by atoms with van der Waals surface area (Å²) in [7, 11) is 0. The van der Waals surface area contributed by atoms with Crippen molar-refractivity contribution in [3.8, 4) is 23.0 Å². The second-order valence-electron chi connectivity index (χ2n) is 7.05. The molecule has 152 valence electrons. The lowest BCUT2D eigenvalue weighted by Gasteiger charge is -2.02. The molecule has 0 unspecified atom stereocenters. The van der Waals surface area contributed by atoms with Crippen LogP contribution >= 0.6 is 0 Å². The van der Waals surface area contributed by atoms with Gasteiger partial charge in [-0.05, 0) is 42.5 Å². The molecule has 3 heterocycles. The van der Waals surface area contributed by atoms with Crippen LogP contribution in [0.2, 0.25) is 0 Å². The molecule has 3 aromatic heterocycles. The van der Waals surface area contributed by atoms with Crippen molar-refractivity contribution in [2.24, 2.45) is 0 Å². The Morgan fingerprint density at radius 1 is 1.00 bits per heavy atom. The third kappa shape index (κ3) is 3.57. The minimum Gasteiger partial charge on any atom is -0.305 e. The fourth-order valence-corrected chi connectivity index (χ4v) is 3.46. The summed E-state index contributed by atoms with van der Waals surface area (Å²) >= 11 is 0. The van der Waals surface area contributed by atoms with Crippen molar-refractivity contribution in [3.63, 3.8) is 0 Å². The van der Waals surface area contributed by atoms with Gasteiger partial charge < -0.3 is 4.98 Å². The lowest BCUT2D eigenvalue weighted by atomic mass is 10.1. The molecule has 5 rings (SSSR count). The Morgan fingerprint density at radius 3 is 2.53 bits per heavy atom. The van der Waals surface area contributed by atoms with Crippen molar-refractivity contribution in [2.75, 3.05) is 0 Å². The van der Waals surface area contributed by atoms with E-state index >= 15 is 0 Å². The van der Waals surface area contributed by atoms with Gasteiger partial charge in [0.05, 0.1) is 22.2 Å². The molecule has 2 aromatic carbocycles. The molecule has 0 spiro atoms. The van der Waals surface area contributed by atoms with E-state index in [1.165, 1.54) is 0 Å². The monoisotopic (exact) mass is 416 g/mol. The summed E-state index contributed by atoms with van der Waals surface area (Å²) in [6, 6.07) is 22.6. The summed E-state index contributed by atoms with van der Waals surface area (Å²) in [5, 5.41) is 15.1. The highest BCUT2D eigenvalue weighted by Crippen LogP contribution is 2.27. The Labute approximate surface area is 183 Å². The molecular weight excluding hydrogens is 400 g/mol. The van der Waals surface area contributed by atoms with E-state index < -0.39 is 0 Å². The van der Waals surface area contributed by atoms with Gasteiger partial charge in [0.25, 0.3) is 5.56 Å². The second-order valence-corrected chi connectivity index (χ2v) is 7.05. The molecule has 0 fully saturated rings. The van der Waals surface area contributed by atoms with Gasteiger partial charge in [-0.15, -0.1) is 0 Å². The molecule has 5 aromatic rings. The summed E-state index contributed by atoms with van der Waals surface area (Å²) in [6.45, 7) is 0. The molecule has 0 aliphatic rings. The number of rotatable bonds is 4. The normalized spacial score (nSPS) is 11.4. The summed E-state index contributed by atoms with van der Waals surface area (Å²) < 4.78 is 1.76. The first-order chi connectivity index (χ1) is 15.7. The fourth-order valence-electron chi connectivity index (χ4n) is 3.46. The van der Waals surface area contributed by atoms with Gasteiger partial charge in [0.1, 0.15) is 11.8 Å². The largest absolute Gasteiger partial charge is 0.305 e. The van der Waals surface area contributed by atoms with Gasteiger partial charge in [-0.2, -0.15) is 10.4 Å². The Bertz CT molecular complexity index is 1540. The second kappa shape index (κ2) is 8.13. The van der Waals surface area contributed by atoms with Crippen LogP contribution in [0.1, 0.15) is 11.4 Å². The first-order valence-electron chi connectivity index (χ1n) is 9.89. The lowest BCUT2D eigenvalue weighted by molar-refractivity contribution is 0.884. The number of allylic oxidation sites excluding steroid dienone is 1. The molecule has 0 bridgehead atoms. The van der Waals surface area contributed by atoms with Crippen LogP contribution in [0.15, 0.2) is 90.1 Å². The number of aromatic nitrogens is 5. The van der Waals surface area contributed by atoms with Crippen molar-refractivity contribution in [3.05, 3.63) is 107 Å². The number of nitriles is 1. The average Bonchev–Trinajstić information content (AvgIpc) is 3.27. The summed E-state index contributed by atoms with van der Waals surface area (Å²) in [4.78, 5) is 23.8. The standard InChI is InChI=1S/C25H16N6O/c26-15-18(24-28-22-9-5-4-8-21(22)25(32)29-24)14-19-16-31(20-6-2-1-3-7-20)30-23(19)17-10-12-27-13-11-17/h1-14,16H,(H,28,29,32). The number of para-hydroxylation sites is 2. The van der Waals surface area contributed by atoms with E-state index in [0.29, 0.717) is 22.2 Å². The van der Waals surface area contributed by atoms with Crippen LogP contribution in [0.5, 0.6) is 0 Å². The molecular formula is C25H16N6O. The quantitative estimate of drug-likeness (QED) is 0.442. The number of pyridine rings is 1. The smallest absolute Gasteiger partial charge is 0.259 e. The highest BCUT2D eigenvalue weighted by atomic mass is 16.1. The number of nitrogens with zero attached hydrogens (tertiary/aromatic N) is 5. The lowest BCUT2D eigenvalue weighted by Crippen LogP contribution is -2.11. The molecule has 0 atom stereocenters. The van der Waals surface area contributed by atoms with E-state index in [-0.39, 0.29) is 17.0 Å². The third-order valence-corrected chi connectivity index (χ3v) is 5.01. The molecule has 32 heavy (non-hydrogen) atoms. The van der Waals surface area contributed by atoms with Crippen LogP contribution in [0.4, 0.5) is 0 Å². The van der Waals surface area contributed by atoms with Crippen LogP contribution in [-0.4, -0.2) is 24.7 Å².